The van der Waals surface area contributed by atoms with Gasteiger partial charge in [0.15, 0.2) is 5.96 Å². The van der Waals surface area contributed by atoms with Gasteiger partial charge in [0, 0.05) is 38.1 Å². The summed E-state index contributed by atoms with van der Waals surface area (Å²) in [7, 11) is 0. The van der Waals surface area contributed by atoms with Crippen molar-refractivity contribution in [1.29, 1.82) is 0 Å². The van der Waals surface area contributed by atoms with Crippen LogP contribution in [0.5, 0.6) is 0 Å². The summed E-state index contributed by atoms with van der Waals surface area (Å²) in [5.74, 6) is 2.11. The molecule has 0 spiro atoms. The summed E-state index contributed by atoms with van der Waals surface area (Å²) in [5.41, 5.74) is 0. The molecule has 0 aromatic carbocycles. The number of amides is 1. The smallest absolute Gasteiger partial charge is 0.242 e. The first-order chi connectivity index (χ1) is 12.3. The molecule has 4 rings (SSSR count). The van der Waals surface area contributed by atoms with E-state index in [4.69, 9.17) is 9.41 Å². The monoisotopic (exact) mass is 344 g/mol. The van der Waals surface area contributed by atoms with Crippen molar-refractivity contribution in [3.8, 4) is 0 Å². The number of rotatable bonds is 5. The van der Waals surface area contributed by atoms with Gasteiger partial charge in [-0.05, 0) is 37.8 Å². The molecular formula is C19H28N4O2. The number of nitrogens with one attached hydrogen (secondary N) is 1. The van der Waals surface area contributed by atoms with Crippen LogP contribution in [0.1, 0.15) is 44.3 Å². The standard InChI is InChI=1S/C19H28N4O2/c24-18-14-22(11-12-23(18)16-7-8-16)19(21-15-4-1-2-5-15)20-10-9-17-6-3-13-25-17/h3,6,13,15-16H,1-2,4-5,7-12,14H2,(H,20,21). The molecule has 0 atom stereocenters. The highest BCUT2D eigenvalue weighted by Crippen LogP contribution is 2.28. The average Bonchev–Trinajstić information content (AvgIpc) is 3.09. The van der Waals surface area contributed by atoms with Crippen LogP contribution < -0.4 is 5.32 Å². The molecule has 136 valence electrons. The molecule has 3 fully saturated rings. The van der Waals surface area contributed by atoms with E-state index < -0.39 is 0 Å². The second-order valence-electron chi connectivity index (χ2n) is 7.40. The van der Waals surface area contributed by atoms with Gasteiger partial charge >= 0.3 is 0 Å². The van der Waals surface area contributed by atoms with Crippen LogP contribution in [0.3, 0.4) is 0 Å². The lowest BCUT2D eigenvalue weighted by Crippen LogP contribution is -2.56. The summed E-state index contributed by atoms with van der Waals surface area (Å²) in [6.07, 6.45) is 9.81. The Labute approximate surface area is 149 Å². The zero-order valence-corrected chi connectivity index (χ0v) is 14.8. The van der Waals surface area contributed by atoms with Gasteiger partial charge < -0.3 is 19.5 Å². The highest BCUT2D eigenvalue weighted by molar-refractivity contribution is 5.88. The van der Waals surface area contributed by atoms with Gasteiger partial charge in [-0.1, -0.05) is 12.8 Å². The van der Waals surface area contributed by atoms with Crippen LogP contribution in [0.25, 0.3) is 0 Å². The Hall–Kier alpha value is -1.98. The average molecular weight is 344 g/mol. The maximum absolute atomic E-state index is 12.5. The quantitative estimate of drug-likeness (QED) is 0.656. The number of furan rings is 1. The molecular weight excluding hydrogens is 316 g/mol. The number of hydrogen-bond acceptors (Lipinski definition) is 3. The van der Waals surface area contributed by atoms with Crippen LogP contribution in [0.15, 0.2) is 27.8 Å². The van der Waals surface area contributed by atoms with E-state index in [-0.39, 0.29) is 5.91 Å². The number of guanidine groups is 1. The molecule has 0 unspecified atom stereocenters. The van der Waals surface area contributed by atoms with Gasteiger partial charge in [0.1, 0.15) is 5.76 Å². The maximum atomic E-state index is 12.5. The zero-order valence-electron chi connectivity index (χ0n) is 14.8. The Balaban J connectivity index is 1.39. The van der Waals surface area contributed by atoms with E-state index in [1.54, 1.807) is 6.26 Å². The molecule has 1 aromatic rings. The number of aliphatic imine (C=N–C) groups is 1. The molecule has 25 heavy (non-hydrogen) atoms. The van der Waals surface area contributed by atoms with Gasteiger partial charge in [-0.15, -0.1) is 0 Å². The van der Waals surface area contributed by atoms with E-state index in [0.29, 0.717) is 25.2 Å². The summed E-state index contributed by atoms with van der Waals surface area (Å²) in [5, 5.41) is 3.62. The first-order valence-corrected chi connectivity index (χ1v) is 9.67. The van der Waals surface area contributed by atoms with E-state index in [2.05, 4.69) is 15.1 Å². The molecule has 0 radical (unpaired) electrons. The molecule has 3 aliphatic rings. The van der Waals surface area contributed by atoms with Gasteiger partial charge in [-0.3, -0.25) is 9.79 Å². The van der Waals surface area contributed by atoms with E-state index in [9.17, 15) is 4.79 Å². The third kappa shape index (κ3) is 4.17. The number of carbonyl (C=O) groups excluding carboxylic acids is 1. The molecule has 2 saturated carbocycles. The van der Waals surface area contributed by atoms with Crippen LogP contribution >= 0.6 is 0 Å². The fourth-order valence-electron chi connectivity index (χ4n) is 3.86. The number of nitrogens with zero attached hydrogens (tertiary/aromatic N) is 3. The number of piperazine rings is 1. The van der Waals surface area contributed by atoms with Crippen molar-refractivity contribution in [3.63, 3.8) is 0 Å². The zero-order chi connectivity index (χ0) is 17.1. The summed E-state index contributed by atoms with van der Waals surface area (Å²) in [4.78, 5) is 21.5. The topological polar surface area (TPSA) is 61.1 Å². The lowest BCUT2D eigenvalue weighted by atomic mass is 10.2. The van der Waals surface area contributed by atoms with Gasteiger partial charge in [-0.25, -0.2) is 0 Å². The van der Waals surface area contributed by atoms with Crippen LogP contribution in [0.2, 0.25) is 0 Å². The minimum Gasteiger partial charge on any atom is -0.469 e. The van der Waals surface area contributed by atoms with Crippen molar-refractivity contribution in [2.45, 2.75) is 57.0 Å². The molecule has 1 aliphatic heterocycles. The first-order valence-electron chi connectivity index (χ1n) is 9.67. The lowest BCUT2D eigenvalue weighted by Gasteiger charge is -2.37. The van der Waals surface area contributed by atoms with E-state index in [1.165, 1.54) is 38.5 Å². The van der Waals surface area contributed by atoms with Gasteiger partial charge in [0.05, 0.1) is 12.8 Å². The highest BCUT2D eigenvalue weighted by Gasteiger charge is 2.36. The Morgan fingerprint density at radius 1 is 1.24 bits per heavy atom. The maximum Gasteiger partial charge on any atom is 0.242 e. The predicted molar refractivity (Wildman–Crippen MR) is 96.4 cm³/mol. The molecule has 6 nitrogen and oxygen atoms in total. The van der Waals surface area contributed by atoms with Crippen LogP contribution in [-0.2, 0) is 11.2 Å². The Bertz CT molecular complexity index is 603. The second kappa shape index (κ2) is 7.50. The SMILES string of the molecule is O=C1CN(C(=NCCc2ccco2)NC2CCCC2)CCN1C1CC1. The largest absolute Gasteiger partial charge is 0.469 e. The second-order valence-corrected chi connectivity index (χ2v) is 7.40. The third-order valence-electron chi connectivity index (χ3n) is 5.43. The van der Waals surface area contributed by atoms with Gasteiger partial charge in [-0.2, -0.15) is 0 Å². The summed E-state index contributed by atoms with van der Waals surface area (Å²) in [6, 6.07) is 4.90. The Kier molecular flexibility index (Phi) is 4.95. The first kappa shape index (κ1) is 16.5. The molecule has 6 heteroatoms. The molecule has 1 N–H and O–H groups in total. The fraction of sp³-hybridized carbons (Fsp3) is 0.684. The molecule has 1 amide bonds. The van der Waals surface area contributed by atoms with Crippen molar-refractivity contribution >= 4 is 11.9 Å². The summed E-state index contributed by atoms with van der Waals surface area (Å²) in [6.45, 7) is 2.84. The highest BCUT2D eigenvalue weighted by atomic mass is 16.3. The van der Waals surface area contributed by atoms with Crippen LogP contribution in [-0.4, -0.2) is 59.9 Å². The van der Waals surface area contributed by atoms with E-state index in [1.807, 2.05) is 12.1 Å². The Morgan fingerprint density at radius 3 is 2.76 bits per heavy atom. The van der Waals surface area contributed by atoms with Crippen molar-refractivity contribution in [3.05, 3.63) is 24.2 Å². The normalized spacial score (nSPS) is 22.7. The van der Waals surface area contributed by atoms with Crippen molar-refractivity contribution in [1.82, 2.24) is 15.1 Å². The minimum absolute atomic E-state index is 0.251. The molecule has 2 heterocycles. The lowest BCUT2D eigenvalue weighted by molar-refractivity contribution is -0.135. The summed E-state index contributed by atoms with van der Waals surface area (Å²) >= 11 is 0. The van der Waals surface area contributed by atoms with Crippen molar-refractivity contribution < 1.29 is 9.21 Å². The van der Waals surface area contributed by atoms with Crippen LogP contribution in [0.4, 0.5) is 0 Å². The van der Waals surface area contributed by atoms with Crippen molar-refractivity contribution in [2.75, 3.05) is 26.2 Å². The molecule has 2 aliphatic carbocycles. The number of carbonyl (C=O) groups is 1. The third-order valence-corrected chi connectivity index (χ3v) is 5.43. The molecule has 1 aromatic heterocycles. The molecule has 0 bridgehead atoms. The fourth-order valence-corrected chi connectivity index (χ4v) is 3.86. The van der Waals surface area contributed by atoms with E-state index >= 15 is 0 Å². The van der Waals surface area contributed by atoms with Crippen LogP contribution in [0, 0.1) is 0 Å². The van der Waals surface area contributed by atoms with E-state index in [0.717, 1.165) is 31.2 Å². The predicted octanol–water partition coefficient (Wildman–Crippen LogP) is 2.02. The van der Waals surface area contributed by atoms with Crippen molar-refractivity contribution in [2.24, 2.45) is 4.99 Å². The number of hydrogen-bond donors (Lipinski definition) is 1. The van der Waals surface area contributed by atoms with Gasteiger partial charge in [0.25, 0.3) is 0 Å². The molecule has 1 saturated heterocycles. The minimum atomic E-state index is 0.251. The summed E-state index contributed by atoms with van der Waals surface area (Å²) < 4.78 is 5.39. The Morgan fingerprint density at radius 2 is 2.08 bits per heavy atom. The van der Waals surface area contributed by atoms with Gasteiger partial charge in [0.2, 0.25) is 5.91 Å².